The molecule has 1 amide bonds. The molecule has 2 aromatic heterocycles. The minimum atomic E-state index is -4.40. The van der Waals surface area contributed by atoms with Crippen LogP contribution in [-0.2, 0) is 34.7 Å². The molecule has 0 spiro atoms. The van der Waals surface area contributed by atoms with E-state index in [1.165, 1.54) is 24.5 Å². The lowest BCUT2D eigenvalue weighted by Crippen LogP contribution is -2.36. The lowest BCUT2D eigenvalue weighted by Gasteiger charge is -2.30. The van der Waals surface area contributed by atoms with Gasteiger partial charge in [0.2, 0.25) is 15.0 Å². The van der Waals surface area contributed by atoms with Crippen LogP contribution in [0.1, 0.15) is 32.9 Å². The quantitative estimate of drug-likeness (QED) is 0.365. The number of carbonyl (C=O) groups is 1. The van der Waals surface area contributed by atoms with E-state index in [1.807, 2.05) is 12.1 Å². The predicted octanol–water partition coefficient (Wildman–Crippen LogP) is 4.74. The van der Waals surface area contributed by atoms with E-state index in [9.17, 15) is 26.4 Å². The van der Waals surface area contributed by atoms with Gasteiger partial charge in [-0.3, -0.25) is 9.78 Å². The highest BCUT2D eigenvalue weighted by Crippen LogP contribution is 2.32. The van der Waals surface area contributed by atoms with Crippen LogP contribution in [0.2, 0.25) is 0 Å². The monoisotopic (exact) mass is 541 g/mol. The first-order valence-corrected chi connectivity index (χ1v) is 13.3. The maximum absolute atomic E-state index is 13.1. The Hall–Kier alpha value is -4.19. The maximum Gasteiger partial charge on any atom is 0.416 e. The molecule has 2 aromatic carbocycles. The molecule has 12 heteroatoms. The number of hydrogen-bond donors (Lipinski definition) is 2. The molecule has 3 heterocycles. The second-order valence-electron chi connectivity index (χ2n) is 8.80. The van der Waals surface area contributed by atoms with Crippen LogP contribution in [0.15, 0.2) is 78.2 Å². The summed E-state index contributed by atoms with van der Waals surface area (Å²) in [7, 11) is -3.82. The molecule has 8 nitrogen and oxygen atoms in total. The number of fused-ring (bicyclic) bond motifs is 1. The summed E-state index contributed by atoms with van der Waals surface area (Å²) in [4.78, 5) is 25.3. The summed E-state index contributed by atoms with van der Waals surface area (Å²) in [6, 6.07) is 15.3. The van der Waals surface area contributed by atoms with Gasteiger partial charge >= 0.3 is 6.18 Å². The predicted molar refractivity (Wildman–Crippen MR) is 133 cm³/mol. The zero-order chi connectivity index (χ0) is 26.9. The summed E-state index contributed by atoms with van der Waals surface area (Å²) in [5.41, 5.74) is 2.81. The highest BCUT2D eigenvalue weighted by molar-refractivity contribution is 7.90. The molecule has 1 aliphatic heterocycles. The van der Waals surface area contributed by atoms with Crippen molar-refractivity contribution in [2.45, 2.75) is 30.1 Å². The number of pyridine rings is 1. The summed E-state index contributed by atoms with van der Waals surface area (Å²) in [5, 5.41) is 2.87. The Kier molecular flexibility index (Phi) is 6.66. The summed E-state index contributed by atoms with van der Waals surface area (Å²) >= 11 is 0. The normalized spacial score (nSPS) is 13.7. The van der Waals surface area contributed by atoms with Crippen LogP contribution in [0.4, 0.5) is 24.5 Å². The molecule has 0 unspecified atom stereocenters. The fraction of sp³-hybridized carbons (Fsp3) is 0.192. The number of amides is 1. The second-order valence-corrected chi connectivity index (χ2v) is 10.7. The third-order valence-corrected chi connectivity index (χ3v) is 7.66. The molecular weight excluding hydrogens is 519 g/mol. The molecule has 0 aliphatic carbocycles. The topological polar surface area (TPSA) is 108 Å². The summed E-state index contributed by atoms with van der Waals surface area (Å²) in [6.07, 6.45) is -1.19. The van der Waals surface area contributed by atoms with Crippen molar-refractivity contribution in [3.63, 3.8) is 0 Å². The van der Waals surface area contributed by atoms with Crippen LogP contribution in [-0.4, -0.2) is 40.7 Å². The van der Waals surface area contributed by atoms with E-state index in [1.54, 1.807) is 29.2 Å². The number of nitrogens with one attached hydrogen (secondary N) is 2. The van der Waals surface area contributed by atoms with Crippen LogP contribution in [0.5, 0.6) is 0 Å². The molecule has 2 N–H and O–H groups in total. The largest absolute Gasteiger partial charge is 0.416 e. The molecule has 0 radical (unpaired) electrons. The Morgan fingerprint density at radius 2 is 1.82 bits per heavy atom. The van der Waals surface area contributed by atoms with Crippen LogP contribution in [0.25, 0.3) is 0 Å². The lowest BCUT2D eigenvalue weighted by atomic mass is 9.97. The van der Waals surface area contributed by atoms with E-state index in [0.717, 1.165) is 28.9 Å². The SMILES string of the molecule is O=C(c1cnc(S(=O)(=O)Cc2ccccn2)[nH]1)N1CCc2c(cccc2Nc2ccc(C(F)(F)F)cc2)C1. The average molecular weight is 542 g/mol. The van der Waals surface area contributed by atoms with Crippen molar-refractivity contribution >= 4 is 27.1 Å². The summed E-state index contributed by atoms with van der Waals surface area (Å²) in [6.45, 7) is 0.651. The third kappa shape index (κ3) is 5.40. The number of sulfone groups is 1. The summed E-state index contributed by atoms with van der Waals surface area (Å²) in [5.74, 6) is -0.732. The smallest absolute Gasteiger partial charge is 0.355 e. The fourth-order valence-corrected chi connectivity index (χ4v) is 5.46. The summed E-state index contributed by atoms with van der Waals surface area (Å²) < 4.78 is 64.0. The van der Waals surface area contributed by atoms with Gasteiger partial charge in [-0.2, -0.15) is 13.2 Å². The Morgan fingerprint density at radius 3 is 2.53 bits per heavy atom. The number of alkyl halides is 3. The van der Waals surface area contributed by atoms with E-state index in [-0.39, 0.29) is 29.1 Å². The number of H-pyrrole nitrogens is 1. The van der Waals surface area contributed by atoms with Gasteiger partial charge in [0.15, 0.2) is 0 Å². The number of imidazole rings is 1. The number of nitrogens with zero attached hydrogens (tertiary/aromatic N) is 3. The number of halogens is 3. The first-order valence-electron chi connectivity index (χ1n) is 11.6. The number of carbonyl (C=O) groups excluding carboxylic acids is 1. The van der Waals surface area contributed by atoms with Gasteiger partial charge in [-0.05, 0) is 60.0 Å². The lowest BCUT2D eigenvalue weighted by molar-refractivity contribution is -0.137. The van der Waals surface area contributed by atoms with Gasteiger partial charge < -0.3 is 15.2 Å². The molecule has 0 atom stereocenters. The number of hydrogen-bond acceptors (Lipinski definition) is 6. The van der Waals surface area contributed by atoms with Crippen LogP contribution < -0.4 is 5.32 Å². The van der Waals surface area contributed by atoms with Crippen molar-refractivity contribution in [2.75, 3.05) is 11.9 Å². The molecule has 0 saturated heterocycles. The minimum Gasteiger partial charge on any atom is -0.355 e. The van der Waals surface area contributed by atoms with Gasteiger partial charge in [-0.15, -0.1) is 0 Å². The molecule has 5 rings (SSSR count). The molecule has 4 aromatic rings. The van der Waals surface area contributed by atoms with Crippen LogP contribution in [0, 0.1) is 0 Å². The zero-order valence-corrected chi connectivity index (χ0v) is 20.7. The molecule has 38 heavy (non-hydrogen) atoms. The van der Waals surface area contributed by atoms with Gasteiger partial charge in [0, 0.05) is 30.7 Å². The Bertz CT molecular complexity index is 1570. The molecule has 0 bridgehead atoms. The molecule has 1 aliphatic rings. The van der Waals surface area contributed by atoms with Crippen LogP contribution >= 0.6 is 0 Å². The third-order valence-electron chi connectivity index (χ3n) is 6.19. The minimum absolute atomic E-state index is 0.0621. The first kappa shape index (κ1) is 25.5. The fourth-order valence-electron chi connectivity index (χ4n) is 4.28. The van der Waals surface area contributed by atoms with E-state index in [4.69, 9.17) is 0 Å². The van der Waals surface area contributed by atoms with E-state index >= 15 is 0 Å². The Labute approximate surface area is 216 Å². The van der Waals surface area contributed by atoms with Crippen LogP contribution in [0.3, 0.4) is 0 Å². The average Bonchev–Trinajstić information content (AvgIpc) is 3.40. The van der Waals surface area contributed by atoms with Gasteiger partial charge in [0.1, 0.15) is 11.4 Å². The van der Waals surface area contributed by atoms with Gasteiger partial charge in [0.05, 0.1) is 17.5 Å². The number of aromatic amines is 1. The molecular formula is C26H22F3N5O3S. The van der Waals surface area contributed by atoms with Crippen molar-refractivity contribution in [1.82, 2.24) is 19.9 Å². The first-order chi connectivity index (χ1) is 18.1. The van der Waals surface area contributed by atoms with Crippen molar-refractivity contribution in [3.05, 3.63) is 101 Å². The molecule has 0 fully saturated rings. The number of benzene rings is 2. The number of rotatable bonds is 6. The molecule has 196 valence electrons. The van der Waals surface area contributed by atoms with E-state index in [2.05, 4.69) is 20.3 Å². The zero-order valence-electron chi connectivity index (χ0n) is 19.9. The molecule has 0 saturated carbocycles. The standard InChI is InChI=1S/C26H22F3N5O3S/c27-26(28,29)18-7-9-19(10-8-18)32-22-6-3-4-17-15-34(13-11-21(17)22)24(35)23-14-31-25(33-23)38(36,37)16-20-5-1-2-12-30-20/h1-10,12,14,32H,11,13,15-16H2,(H,31,33). The second kappa shape index (κ2) is 9.93. The van der Waals surface area contributed by atoms with Gasteiger partial charge in [0.25, 0.3) is 5.91 Å². The van der Waals surface area contributed by atoms with Crippen molar-refractivity contribution in [1.29, 1.82) is 0 Å². The maximum atomic E-state index is 13.1. The van der Waals surface area contributed by atoms with E-state index in [0.29, 0.717) is 24.3 Å². The number of aromatic nitrogens is 3. The van der Waals surface area contributed by atoms with E-state index < -0.39 is 21.6 Å². The Morgan fingerprint density at radius 1 is 1.03 bits per heavy atom. The highest BCUT2D eigenvalue weighted by atomic mass is 32.2. The van der Waals surface area contributed by atoms with Crippen molar-refractivity contribution in [2.24, 2.45) is 0 Å². The van der Waals surface area contributed by atoms with Crippen molar-refractivity contribution in [3.8, 4) is 0 Å². The number of anilines is 2. The highest BCUT2D eigenvalue weighted by Gasteiger charge is 2.30. The van der Waals surface area contributed by atoms with Crippen molar-refractivity contribution < 1.29 is 26.4 Å². The van der Waals surface area contributed by atoms with Gasteiger partial charge in [-0.25, -0.2) is 13.4 Å². The van der Waals surface area contributed by atoms with Gasteiger partial charge in [-0.1, -0.05) is 18.2 Å². The Balaban J connectivity index is 1.29.